The van der Waals surface area contributed by atoms with Crippen LogP contribution >= 0.6 is 0 Å². The standard InChI is InChI=1S/C20H24N4O2/c25-20(24-11-8-15-13-21-14-18(15)24)23-17-6-1-2-7-19(17)26-12-9-16-5-3-4-10-22-16/h1-7,10,15,18,21H,8-9,11-14H2,(H,23,25)/t15-,18+/m1/s1. The van der Waals surface area contributed by atoms with Gasteiger partial charge in [-0.1, -0.05) is 18.2 Å². The molecule has 4 rings (SSSR count). The number of nitrogens with zero attached hydrogens (tertiary/aromatic N) is 2. The molecule has 1 aromatic heterocycles. The lowest BCUT2D eigenvalue weighted by Gasteiger charge is -2.24. The first-order valence-electron chi connectivity index (χ1n) is 9.21. The molecule has 0 saturated carbocycles. The van der Waals surface area contributed by atoms with Crippen LogP contribution in [0.5, 0.6) is 5.75 Å². The Hall–Kier alpha value is -2.60. The summed E-state index contributed by atoms with van der Waals surface area (Å²) in [5.74, 6) is 1.28. The smallest absolute Gasteiger partial charge is 0.322 e. The van der Waals surface area contributed by atoms with Crippen LogP contribution in [0.3, 0.4) is 0 Å². The minimum absolute atomic E-state index is 0.0398. The third kappa shape index (κ3) is 3.65. The largest absolute Gasteiger partial charge is 0.491 e. The van der Waals surface area contributed by atoms with Crippen molar-refractivity contribution in [3.8, 4) is 5.75 Å². The number of aromatic nitrogens is 1. The summed E-state index contributed by atoms with van der Waals surface area (Å²) in [6, 6.07) is 13.7. The number of hydrogen-bond acceptors (Lipinski definition) is 4. The van der Waals surface area contributed by atoms with Crippen molar-refractivity contribution in [2.75, 3.05) is 31.6 Å². The summed E-state index contributed by atoms with van der Waals surface area (Å²) in [5.41, 5.74) is 1.71. The van der Waals surface area contributed by atoms with E-state index in [1.165, 1.54) is 0 Å². The molecule has 2 fully saturated rings. The normalized spacial score (nSPS) is 21.5. The number of carbonyl (C=O) groups is 1. The molecular formula is C20H24N4O2. The number of anilines is 1. The third-order valence-electron chi connectivity index (χ3n) is 5.18. The zero-order chi connectivity index (χ0) is 17.8. The zero-order valence-electron chi connectivity index (χ0n) is 14.7. The van der Waals surface area contributed by atoms with Gasteiger partial charge in [-0.15, -0.1) is 0 Å². The Kier molecular flexibility index (Phi) is 5.02. The Morgan fingerprint density at radius 3 is 3.00 bits per heavy atom. The van der Waals surface area contributed by atoms with Gasteiger partial charge in [-0.25, -0.2) is 4.79 Å². The van der Waals surface area contributed by atoms with Crippen LogP contribution < -0.4 is 15.4 Å². The summed E-state index contributed by atoms with van der Waals surface area (Å²) >= 11 is 0. The fourth-order valence-electron chi connectivity index (χ4n) is 3.80. The highest BCUT2D eigenvalue weighted by molar-refractivity contribution is 5.91. The van der Waals surface area contributed by atoms with Gasteiger partial charge in [0.2, 0.25) is 0 Å². The number of carbonyl (C=O) groups excluding carboxylic acids is 1. The van der Waals surface area contributed by atoms with Crippen LogP contribution in [0.15, 0.2) is 48.7 Å². The maximum Gasteiger partial charge on any atom is 0.322 e. The summed E-state index contributed by atoms with van der Waals surface area (Å²) < 4.78 is 5.91. The van der Waals surface area contributed by atoms with Crippen molar-refractivity contribution in [2.24, 2.45) is 5.92 Å². The van der Waals surface area contributed by atoms with Gasteiger partial charge >= 0.3 is 6.03 Å². The quantitative estimate of drug-likeness (QED) is 0.868. The summed E-state index contributed by atoms with van der Waals surface area (Å²) in [6.45, 7) is 3.25. The third-order valence-corrected chi connectivity index (χ3v) is 5.18. The summed E-state index contributed by atoms with van der Waals surface area (Å²) in [6.07, 6.45) is 3.59. The van der Waals surface area contributed by atoms with Crippen molar-refractivity contribution < 1.29 is 9.53 Å². The SMILES string of the molecule is O=C(Nc1ccccc1OCCc1ccccn1)N1CC[C@@H]2CNC[C@@H]21. The molecular weight excluding hydrogens is 328 g/mol. The van der Waals surface area contributed by atoms with Crippen LogP contribution in [0.2, 0.25) is 0 Å². The number of ether oxygens (including phenoxy) is 1. The van der Waals surface area contributed by atoms with E-state index in [2.05, 4.69) is 15.6 Å². The Labute approximate surface area is 153 Å². The van der Waals surface area contributed by atoms with E-state index in [0.29, 0.717) is 30.0 Å². The van der Waals surface area contributed by atoms with E-state index in [0.717, 1.165) is 38.2 Å². The van der Waals surface area contributed by atoms with Crippen LogP contribution in [0.4, 0.5) is 10.5 Å². The molecule has 2 aliphatic rings. The first kappa shape index (κ1) is 16.8. The lowest BCUT2D eigenvalue weighted by atomic mass is 10.1. The number of urea groups is 1. The maximum atomic E-state index is 12.7. The number of rotatable bonds is 5. The molecule has 1 aromatic carbocycles. The first-order valence-corrected chi connectivity index (χ1v) is 9.21. The Bertz CT molecular complexity index is 752. The summed E-state index contributed by atoms with van der Waals surface area (Å²) in [7, 11) is 0. The van der Waals surface area contributed by atoms with Crippen molar-refractivity contribution in [3.05, 3.63) is 54.4 Å². The second kappa shape index (κ2) is 7.74. The molecule has 0 unspecified atom stereocenters. The zero-order valence-corrected chi connectivity index (χ0v) is 14.7. The molecule has 2 aromatic rings. The molecule has 26 heavy (non-hydrogen) atoms. The molecule has 6 heteroatoms. The Morgan fingerprint density at radius 2 is 2.12 bits per heavy atom. The average Bonchev–Trinajstić information content (AvgIpc) is 3.27. The molecule has 0 bridgehead atoms. The molecule has 6 nitrogen and oxygen atoms in total. The number of amides is 2. The van der Waals surface area contributed by atoms with Crippen LogP contribution in [-0.2, 0) is 6.42 Å². The first-order chi connectivity index (χ1) is 12.8. The summed E-state index contributed by atoms with van der Waals surface area (Å²) in [5, 5.41) is 6.41. The van der Waals surface area contributed by atoms with E-state index >= 15 is 0 Å². The molecule has 2 aliphatic heterocycles. The number of likely N-dealkylation sites (tertiary alicyclic amines) is 1. The highest BCUT2D eigenvalue weighted by atomic mass is 16.5. The van der Waals surface area contributed by atoms with E-state index in [9.17, 15) is 4.79 Å². The lowest BCUT2D eigenvalue weighted by molar-refractivity contribution is 0.206. The van der Waals surface area contributed by atoms with Gasteiger partial charge in [-0.05, 0) is 36.6 Å². The van der Waals surface area contributed by atoms with Gasteiger partial charge in [-0.3, -0.25) is 4.98 Å². The maximum absolute atomic E-state index is 12.7. The predicted octanol–water partition coefficient (Wildman–Crippen LogP) is 2.53. The monoisotopic (exact) mass is 352 g/mol. The fraction of sp³-hybridized carbons (Fsp3) is 0.400. The number of para-hydroxylation sites is 2. The van der Waals surface area contributed by atoms with Gasteiger partial charge in [0.05, 0.1) is 12.3 Å². The van der Waals surface area contributed by atoms with Gasteiger partial charge < -0.3 is 20.3 Å². The average molecular weight is 352 g/mol. The Balaban J connectivity index is 1.37. The minimum atomic E-state index is -0.0398. The van der Waals surface area contributed by atoms with Crippen LogP contribution in [-0.4, -0.2) is 48.2 Å². The van der Waals surface area contributed by atoms with Gasteiger partial charge in [0.1, 0.15) is 5.75 Å². The number of benzene rings is 1. The van der Waals surface area contributed by atoms with E-state index in [4.69, 9.17) is 4.74 Å². The van der Waals surface area contributed by atoms with Crippen molar-refractivity contribution in [3.63, 3.8) is 0 Å². The topological polar surface area (TPSA) is 66.5 Å². The van der Waals surface area contributed by atoms with Crippen molar-refractivity contribution in [1.29, 1.82) is 0 Å². The highest BCUT2D eigenvalue weighted by Gasteiger charge is 2.40. The van der Waals surface area contributed by atoms with Gasteiger partial charge in [0, 0.05) is 44.0 Å². The number of nitrogens with one attached hydrogen (secondary N) is 2. The molecule has 2 saturated heterocycles. The molecule has 3 heterocycles. The molecule has 0 aliphatic carbocycles. The predicted molar refractivity (Wildman–Crippen MR) is 100 cm³/mol. The molecule has 0 spiro atoms. The highest BCUT2D eigenvalue weighted by Crippen LogP contribution is 2.29. The second-order valence-corrected chi connectivity index (χ2v) is 6.81. The Morgan fingerprint density at radius 1 is 1.23 bits per heavy atom. The number of hydrogen-bond donors (Lipinski definition) is 2. The second-order valence-electron chi connectivity index (χ2n) is 6.81. The molecule has 2 amide bonds. The van der Waals surface area contributed by atoms with Crippen LogP contribution in [0.25, 0.3) is 0 Å². The van der Waals surface area contributed by atoms with Crippen LogP contribution in [0.1, 0.15) is 12.1 Å². The van der Waals surface area contributed by atoms with E-state index < -0.39 is 0 Å². The van der Waals surface area contributed by atoms with Crippen molar-refractivity contribution in [1.82, 2.24) is 15.2 Å². The summed E-state index contributed by atoms with van der Waals surface area (Å²) in [4.78, 5) is 19.0. The lowest BCUT2D eigenvalue weighted by Crippen LogP contribution is -2.41. The van der Waals surface area contributed by atoms with Gasteiger partial charge in [0.15, 0.2) is 0 Å². The van der Waals surface area contributed by atoms with Gasteiger partial charge in [-0.2, -0.15) is 0 Å². The van der Waals surface area contributed by atoms with E-state index in [1.54, 1.807) is 6.20 Å². The fourth-order valence-corrected chi connectivity index (χ4v) is 3.80. The number of fused-ring (bicyclic) bond motifs is 1. The number of pyridine rings is 1. The van der Waals surface area contributed by atoms with Gasteiger partial charge in [0.25, 0.3) is 0 Å². The van der Waals surface area contributed by atoms with E-state index in [1.807, 2.05) is 47.4 Å². The van der Waals surface area contributed by atoms with Crippen molar-refractivity contribution >= 4 is 11.7 Å². The molecule has 136 valence electrons. The molecule has 2 N–H and O–H groups in total. The minimum Gasteiger partial charge on any atom is -0.491 e. The molecule has 2 atom stereocenters. The van der Waals surface area contributed by atoms with Crippen LogP contribution in [0, 0.1) is 5.92 Å². The van der Waals surface area contributed by atoms with E-state index in [-0.39, 0.29) is 6.03 Å². The molecule has 0 radical (unpaired) electrons. The van der Waals surface area contributed by atoms with Crippen molar-refractivity contribution in [2.45, 2.75) is 18.9 Å².